The molecule has 0 aliphatic carbocycles. The minimum absolute atomic E-state index is 0.292. The Morgan fingerprint density at radius 3 is 2.82 bits per heavy atom. The monoisotopic (exact) mass is 270 g/mol. The zero-order valence-electron chi connectivity index (χ0n) is 10.4. The predicted octanol–water partition coefficient (Wildman–Crippen LogP) is 3.77. The van der Waals surface area contributed by atoms with Crippen LogP contribution in [0.5, 0.6) is 0 Å². The smallest absolute Gasteiger partial charge is 0.0700 e. The Morgan fingerprint density at radius 1 is 1.59 bits per heavy atom. The van der Waals surface area contributed by atoms with E-state index in [-0.39, 0.29) is 4.75 Å². The molecule has 0 saturated carbocycles. The highest BCUT2D eigenvalue weighted by molar-refractivity contribution is 8.16. The summed E-state index contributed by atoms with van der Waals surface area (Å²) >= 11 is 6.11. The van der Waals surface area contributed by atoms with Gasteiger partial charge in [-0.25, -0.2) is 0 Å². The summed E-state index contributed by atoms with van der Waals surface area (Å²) in [5.41, 5.74) is 5.53. The minimum atomic E-state index is -0.292. The van der Waals surface area contributed by atoms with Crippen molar-refractivity contribution in [3.63, 3.8) is 0 Å². The van der Waals surface area contributed by atoms with Crippen LogP contribution in [0.3, 0.4) is 0 Å². The fraction of sp³-hybridized carbons (Fsp3) is 0.462. The Balaban J connectivity index is 4.50. The molecule has 2 nitrogen and oxygen atoms in total. The van der Waals surface area contributed by atoms with E-state index < -0.39 is 0 Å². The summed E-state index contributed by atoms with van der Waals surface area (Å²) in [4.78, 5) is 0. The van der Waals surface area contributed by atoms with Gasteiger partial charge in [0.2, 0.25) is 0 Å². The molecule has 0 aliphatic heterocycles. The normalized spacial score (nSPS) is 15.2. The van der Waals surface area contributed by atoms with Crippen LogP contribution in [-0.4, -0.2) is 16.3 Å². The summed E-state index contributed by atoms with van der Waals surface area (Å²) in [6, 6.07) is 0. The number of rotatable bonds is 8. The quantitative estimate of drug-likeness (QED) is 0.272. The number of hydrogen-bond donors (Lipinski definition) is 3. The molecular formula is C13H22N2S2. The van der Waals surface area contributed by atoms with Crippen molar-refractivity contribution >= 4 is 29.4 Å². The third-order valence-corrected chi connectivity index (χ3v) is 3.54. The molecule has 0 rings (SSSR count). The molecule has 0 aliphatic rings. The number of nitrogens with two attached hydrogens (primary N) is 1. The molecule has 0 saturated heterocycles. The van der Waals surface area contributed by atoms with Crippen LogP contribution >= 0.6 is 24.4 Å². The Kier molecular flexibility index (Phi) is 9.31. The highest BCUT2D eigenvalue weighted by Crippen LogP contribution is 2.30. The van der Waals surface area contributed by atoms with Gasteiger partial charge < -0.3 is 5.73 Å². The molecule has 0 heterocycles. The lowest BCUT2D eigenvalue weighted by Crippen LogP contribution is -2.23. The average Bonchev–Trinajstić information content (AvgIpc) is 2.31. The van der Waals surface area contributed by atoms with E-state index in [4.69, 9.17) is 11.1 Å². The van der Waals surface area contributed by atoms with Crippen LogP contribution in [0, 0.1) is 5.41 Å². The third kappa shape index (κ3) is 8.30. The molecule has 1 unspecified atom stereocenters. The van der Waals surface area contributed by atoms with Gasteiger partial charge in [0, 0.05) is 11.2 Å². The van der Waals surface area contributed by atoms with Gasteiger partial charge in [-0.1, -0.05) is 42.6 Å². The molecule has 0 spiro atoms. The number of allylic oxidation sites excluding steroid dienone is 3. The molecule has 17 heavy (non-hydrogen) atoms. The molecular weight excluding hydrogens is 248 g/mol. The third-order valence-electron chi connectivity index (χ3n) is 2.17. The zero-order chi connectivity index (χ0) is 13.1. The van der Waals surface area contributed by atoms with E-state index in [2.05, 4.69) is 19.2 Å². The van der Waals surface area contributed by atoms with Crippen LogP contribution in [0.2, 0.25) is 0 Å². The number of nitrogens with one attached hydrogen (secondary N) is 1. The van der Waals surface area contributed by atoms with Gasteiger partial charge in [0.1, 0.15) is 0 Å². The van der Waals surface area contributed by atoms with E-state index in [9.17, 15) is 0 Å². The first-order valence-electron chi connectivity index (χ1n) is 5.66. The van der Waals surface area contributed by atoms with Gasteiger partial charge in [-0.2, -0.15) is 12.6 Å². The second-order valence-corrected chi connectivity index (χ2v) is 5.67. The standard InChI is InChI=1S/C13H22N2S2/c1-3-5-7-13(16,8-6-9-14)11-12(15)17-10-4-2/h3-5,7,10,15-16H,1,6,8-9,11,14H2,2H3. The van der Waals surface area contributed by atoms with Crippen molar-refractivity contribution in [1.29, 1.82) is 5.41 Å². The highest BCUT2D eigenvalue weighted by Gasteiger charge is 2.23. The van der Waals surface area contributed by atoms with E-state index in [1.807, 2.05) is 30.6 Å². The predicted molar refractivity (Wildman–Crippen MR) is 84.1 cm³/mol. The summed E-state index contributed by atoms with van der Waals surface area (Å²) in [7, 11) is 0. The molecule has 3 N–H and O–H groups in total. The Labute approximate surface area is 114 Å². The Morgan fingerprint density at radius 2 is 2.29 bits per heavy atom. The second kappa shape index (κ2) is 9.57. The van der Waals surface area contributed by atoms with Crippen molar-refractivity contribution in [2.75, 3.05) is 6.54 Å². The summed E-state index contributed by atoms with van der Waals surface area (Å²) in [5.74, 6) is 0. The lowest BCUT2D eigenvalue weighted by molar-refractivity contribution is 0.633. The summed E-state index contributed by atoms with van der Waals surface area (Å²) in [6.07, 6.45) is 9.95. The van der Waals surface area contributed by atoms with E-state index in [1.54, 1.807) is 6.08 Å². The van der Waals surface area contributed by atoms with Crippen molar-refractivity contribution in [1.82, 2.24) is 0 Å². The van der Waals surface area contributed by atoms with Crippen molar-refractivity contribution in [3.8, 4) is 0 Å². The van der Waals surface area contributed by atoms with Crippen molar-refractivity contribution < 1.29 is 0 Å². The van der Waals surface area contributed by atoms with E-state index in [0.29, 0.717) is 18.0 Å². The van der Waals surface area contributed by atoms with Crippen molar-refractivity contribution in [3.05, 3.63) is 36.3 Å². The maximum atomic E-state index is 7.89. The van der Waals surface area contributed by atoms with Crippen LogP contribution in [0.1, 0.15) is 26.2 Å². The van der Waals surface area contributed by atoms with Gasteiger partial charge in [0.25, 0.3) is 0 Å². The minimum Gasteiger partial charge on any atom is -0.330 e. The van der Waals surface area contributed by atoms with Gasteiger partial charge in [-0.3, -0.25) is 5.41 Å². The first-order valence-corrected chi connectivity index (χ1v) is 6.98. The van der Waals surface area contributed by atoms with Crippen molar-refractivity contribution in [2.45, 2.75) is 30.9 Å². The topological polar surface area (TPSA) is 49.9 Å². The molecule has 4 heteroatoms. The SMILES string of the molecule is C=CC=CC(S)(CCCN)CC(=N)SC=CC. The fourth-order valence-electron chi connectivity index (χ4n) is 1.36. The molecule has 1 atom stereocenters. The van der Waals surface area contributed by atoms with E-state index in [1.165, 1.54) is 11.8 Å². The molecule has 0 radical (unpaired) electrons. The lowest BCUT2D eigenvalue weighted by atomic mass is 9.98. The van der Waals surface area contributed by atoms with Crippen LogP contribution in [0.15, 0.2) is 36.3 Å². The molecule has 0 aromatic heterocycles. The average molecular weight is 270 g/mol. The molecule has 0 aromatic carbocycles. The summed E-state index contributed by atoms with van der Waals surface area (Å²) in [5, 5.41) is 10.4. The highest BCUT2D eigenvalue weighted by atomic mass is 32.2. The maximum absolute atomic E-state index is 7.89. The van der Waals surface area contributed by atoms with Crippen molar-refractivity contribution in [2.24, 2.45) is 5.73 Å². The molecule has 0 aromatic rings. The zero-order valence-corrected chi connectivity index (χ0v) is 12.1. The van der Waals surface area contributed by atoms with Crippen LogP contribution < -0.4 is 5.73 Å². The molecule has 0 fully saturated rings. The number of hydrogen-bond acceptors (Lipinski definition) is 4. The van der Waals surface area contributed by atoms with Crippen LogP contribution in [-0.2, 0) is 0 Å². The maximum Gasteiger partial charge on any atom is 0.0700 e. The van der Waals surface area contributed by atoms with Gasteiger partial charge in [0.15, 0.2) is 0 Å². The van der Waals surface area contributed by atoms with Crippen LogP contribution in [0.4, 0.5) is 0 Å². The Hall–Kier alpha value is -0.450. The van der Waals surface area contributed by atoms with Gasteiger partial charge in [0.05, 0.1) is 5.04 Å². The molecule has 0 bridgehead atoms. The summed E-state index contributed by atoms with van der Waals surface area (Å²) in [6.45, 7) is 6.25. The van der Waals surface area contributed by atoms with Gasteiger partial charge >= 0.3 is 0 Å². The van der Waals surface area contributed by atoms with Crippen LogP contribution in [0.25, 0.3) is 0 Å². The number of thiol groups is 1. The summed E-state index contributed by atoms with van der Waals surface area (Å²) < 4.78 is -0.292. The second-order valence-electron chi connectivity index (χ2n) is 3.78. The first-order chi connectivity index (χ1) is 8.08. The number of thioether (sulfide) groups is 1. The molecule has 0 amide bonds. The van der Waals surface area contributed by atoms with E-state index in [0.717, 1.165) is 12.8 Å². The first kappa shape index (κ1) is 16.6. The fourth-order valence-corrected chi connectivity index (χ4v) is 2.51. The Bertz CT molecular complexity index is 298. The largest absolute Gasteiger partial charge is 0.330 e. The van der Waals surface area contributed by atoms with E-state index >= 15 is 0 Å². The van der Waals surface area contributed by atoms with Gasteiger partial charge in [-0.05, 0) is 31.7 Å². The van der Waals surface area contributed by atoms with Gasteiger partial charge in [-0.15, -0.1) is 0 Å². The molecule has 96 valence electrons. The lowest BCUT2D eigenvalue weighted by Gasteiger charge is -2.24.